The second-order valence-electron chi connectivity index (χ2n) is 5.39. The van der Waals surface area contributed by atoms with Crippen molar-refractivity contribution in [3.8, 4) is 0 Å². The molecule has 104 valence electrons. The van der Waals surface area contributed by atoms with Gasteiger partial charge in [0.15, 0.2) is 5.82 Å². The van der Waals surface area contributed by atoms with Crippen LogP contribution in [0.1, 0.15) is 36.8 Å². The molecule has 3 heterocycles. The fourth-order valence-corrected chi connectivity index (χ4v) is 2.26. The van der Waals surface area contributed by atoms with E-state index in [1.54, 1.807) is 6.20 Å². The third-order valence-corrected chi connectivity index (χ3v) is 3.49. The molecule has 0 aliphatic heterocycles. The van der Waals surface area contributed by atoms with Gasteiger partial charge in [-0.3, -0.25) is 10.1 Å². The fourth-order valence-electron chi connectivity index (χ4n) is 2.26. The van der Waals surface area contributed by atoms with Gasteiger partial charge in [-0.2, -0.15) is 5.10 Å². The van der Waals surface area contributed by atoms with Gasteiger partial charge in [-0.05, 0) is 38.0 Å². The van der Waals surface area contributed by atoms with Crippen molar-refractivity contribution in [1.29, 1.82) is 0 Å². The lowest BCUT2D eigenvalue weighted by atomic mass is 10.1. The van der Waals surface area contributed by atoms with Crippen molar-refractivity contribution in [2.75, 3.05) is 5.43 Å². The summed E-state index contributed by atoms with van der Waals surface area (Å²) in [6, 6.07) is 6.25. The number of aryl methyl sites for hydroxylation is 2. The molecule has 20 heavy (non-hydrogen) atoms. The Balaban J connectivity index is 2.07. The smallest absolute Gasteiger partial charge is 0.171 e. The lowest BCUT2D eigenvalue weighted by Crippen LogP contribution is -2.14. The molecule has 5 heteroatoms. The molecule has 0 saturated carbocycles. The first-order valence-corrected chi connectivity index (χ1v) is 6.82. The van der Waals surface area contributed by atoms with Gasteiger partial charge in [0.1, 0.15) is 5.52 Å². The Hall–Kier alpha value is -2.30. The molecule has 3 aromatic rings. The molecule has 5 nitrogen and oxygen atoms in total. The van der Waals surface area contributed by atoms with Gasteiger partial charge >= 0.3 is 0 Å². The maximum Gasteiger partial charge on any atom is 0.171 e. The highest BCUT2D eigenvalue weighted by Gasteiger charge is 2.11. The molecule has 0 fully saturated rings. The van der Waals surface area contributed by atoms with E-state index < -0.39 is 0 Å². The minimum absolute atomic E-state index is 0.401. The first kappa shape index (κ1) is 12.7. The Morgan fingerprint density at radius 1 is 1.15 bits per heavy atom. The summed E-state index contributed by atoms with van der Waals surface area (Å²) in [7, 11) is 0. The van der Waals surface area contributed by atoms with Crippen LogP contribution in [0.3, 0.4) is 0 Å². The Morgan fingerprint density at radius 3 is 2.50 bits per heavy atom. The molecule has 0 unspecified atom stereocenters. The highest BCUT2D eigenvalue weighted by atomic mass is 15.4. The lowest BCUT2D eigenvalue weighted by Gasteiger charge is -2.12. The second kappa shape index (κ2) is 4.67. The summed E-state index contributed by atoms with van der Waals surface area (Å²) in [5.74, 6) is 1.21. The van der Waals surface area contributed by atoms with Crippen LogP contribution >= 0.6 is 0 Å². The van der Waals surface area contributed by atoms with Gasteiger partial charge < -0.3 is 0 Å². The average molecular weight is 269 g/mol. The van der Waals surface area contributed by atoms with Crippen molar-refractivity contribution in [3.05, 3.63) is 47.7 Å². The molecule has 3 aromatic heterocycles. The van der Waals surface area contributed by atoms with Gasteiger partial charge in [-0.1, -0.05) is 13.8 Å². The molecule has 0 atom stereocenters. The Kier molecular flexibility index (Phi) is 2.97. The van der Waals surface area contributed by atoms with Gasteiger partial charge in [0.25, 0.3) is 0 Å². The van der Waals surface area contributed by atoms with Crippen molar-refractivity contribution in [2.45, 2.75) is 33.6 Å². The number of nitrogens with one attached hydrogen (secondary N) is 1. The molecule has 0 bridgehead atoms. The zero-order valence-electron chi connectivity index (χ0n) is 12.3. The predicted molar refractivity (Wildman–Crippen MR) is 80.0 cm³/mol. The van der Waals surface area contributed by atoms with E-state index in [1.807, 2.05) is 15.4 Å². The molecule has 0 spiro atoms. The maximum atomic E-state index is 4.57. The molecular weight excluding hydrogens is 250 g/mol. The molecule has 0 radical (unpaired) electrons. The first-order chi connectivity index (χ1) is 9.56. The Bertz CT molecular complexity index is 731. The van der Waals surface area contributed by atoms with Crippen LogP contribution in [-0.2, 0) is 0 Å². The minimum atomic E-state index is 0.401. The van der Waals surface area contributed by atoms with Crippen molar-refractivity contribution >= 4 is 11.3 Å². The number of hydrogen-bond acceptors (Lipinski definition) is 3. The van der Waals surface area contributed by atoms with Crippen LogP contribution < -0.4 is 5.43 Å². The average Bonchev–Trinajstić information content (AvgIpc) is 2.98. The summed E-state index contributed by atoms with van der Waals surface area (Å²) in [4.78, 5) is 4.44. The quantitative estimate of drug-likeness (QED) is 0.794. The van der Waals surface area contributed by atoms with Gasteiger partial charge in [0, 0.05) is 23.8 Å². The summed E-state index contributed by atoms with van der Waals surface area (Å²) >= 11 is 0. The number of anilines is 1. The molecule has 0 saturated heterocycles. The number of fused-ring (bicyclic) bond motifs is 1. The van der Waals surface area contributed by atoms with E-state index in [-0.39, 0.29) is 0 Å². The second-order valence-corrected chi connectivity index (χ2v) is 5.39. The highest BCUT2D eigenvalue weighted by molar-refractivity contribution is 5.68. The van der Waals surface area contributed by atoms with Crippen LogP contribution in [0.4, 0.5) is 5.82 Å². The zero-order valence-corrected chi connectivity index (χ0v) is 12.3. The van der Waals surface area contributed by atoms with E-state index in [1.165, 1.54) is 0 Å². The molecular formula is C15H19N5. The first-order valence-electron chi connectivity index (χ1n) is 6.82. The molecule has 1 N–H and O–H groups in total. The third kappa shape index (κ3) is 2.05. The number of hydrogen-bond donors (Lipinski definition) is 1. The van der Waals surface area contributed by atoms with E-state index >= 15 is 0 Å². The van der Waals surface area contributed by atoms with Crippen LogP contribution in [0.2, 0.25) is 0 Å². The standard InChI is InChI=1S/C15H19N5/c1-10(2)13-9-14-15(16-7-8-19(14)17-13)18-20-11(3)5-6-12(20)4/h5-10H,1-4H3,(H,16,18). The van der Waals surface area contributed by atoms with Crippen molar-refractivity contribution in [1.82, 2.24) is 19.3 Å². The topological polar surface area (TPSA) is 47.2 Å². The molecule has 0 aliphatic rings. The Labute approximate surface area is 118 Å². The molecule has 0 aromatic carbocycles. The SMILES string of the molecule is Cc1ccc(C)n1Nc1nccn2nc(C(C)C)cc12. The predicted octanol–water partition coefficient (Wildman–Crippen LogP) is 3.15. The van der Waals surface area contributed by atoms with Crippen molar-refractivity contribution in [3.63, 3.8) is 0 Å². The summed E-state index contributed by atoms with van der Waals surface area (Å²) < 4.78 is 3.91. The van der Waals surface area contributed by atoms with Gasteiger partial charge in [0.05, 0.1) is 5.69 Å². The van der Waals surface area contributed by atoms with E-state index in [0.717, 1.165) is 28.4 Å². The van der Waals surface area contributed by atoms with Crippen LogP contribution in [0.5, 0.6) is 0 Å². The third-order valence-electron chi connectivity index (χ3n) is 3.49. The number of nitrogens with zero attached hydrogens (tertiary/aromatic N) is 4. The van der Waals surface area contributed by atoms with Gasteiger partial charge in [-0.25, -0.2) is 9.50 Å². The van der Waals surface area contributed by atoms with Crippen LogP contribution in [0.15, 0.2) is 30.6 Å². The van der Waals surface area contributed by atoms with Crippen molar-refractivity contribution < 1.29 is 0 Å². The largest absolute Gasteiger partial charge is 0.276 e. The van der Waals surface area contributed by atoms with E-state index in [4.69, 9.17) is 0 Å². The molecule has 0 aliphatic carbocycles. The summed E-state index contributed by atoms with van der Waals surface area (Å²) in [6.07, 6.45) is 3.64. The normalized spacial score (nSPS) is 11.4. The van der Waals surface area contributed by atoms with Crippen molar-refractivity contribution in [2.24, 2.45) is 0 Å². The fraction of sp³-hybridized carbons (Fsp3) is 0.333. The van der Waals surface area contributed by atoms with Gasteiger partial charge in [-0.15, -0.1) is 0 Å². The number of rotatable bonds is 3. The lowest BCUT2D eigenvalue weighted by molar-refractivity contribution is 0.786. The van der Waals surface area contributed by atoms with Crippen LogP contribution in [0.25, 0.3) is 5.52 Å². The summed E-state index contributed by atoms with van der Waals surface area (Å²) in [5.41, 5.74) is 7.72. The summed E-state index contributed by atoms with van der Waals surface area (Å²) in [5, 5.41) is 4.57. The van der Waals surface area contributed by atoms with Gasteiger partial charge in [0.2, 0.25) is 0 Å². The molecule has 0 amide bonds. The van der Waals surface area contributed by atoms with Crippen LogP contribution in [-0.4, -0.2) is 19.3 Å². The van der Waals surface area contributed by atoms with E-state index in [2.05, 4.69) is 61.4 Å². The highest BCUT2D eigenvalue weighted by Crippen LogP contribution is 2.20. The number of aromatic nitrogens is 4. The van der Waals surface area contributed by atoms with E-state index in [0.29, 0.717) is 5.92 Å². The van der Waals surface area contributed by atoms with Crippen LogP contribution in [0, 0.1) is 13.8 Å². The Morgan fingerprint density at radius 2 is 1.85 bits per heavy atom. The zero-order chi connectivity index (χ0) is 14.3. The summed E-state index contributed by atoms with van der Waals surface area (Å²) in [6.45, 7) is 8.41. The monoisotopic (exact) mass is 269 g/mol. The van der Waals surface area contributed by atoms with E-state index in [9.17, 15) is 0 Å². The minimum Gasteiger partial charge on any atom is -0.276 e. The maximum absolute atomic E-state index is 4.57. The molecule has 3 rings (SSSR count).